The van der Waals surface area contributed by atoms with E-state index in [1.807, 2.05) is 98.8 Å². The third-order valence-corrected chi connectivity index (χ3v) is 7.39. The maximum atomic E-state index is 13.7. The molecule has 0 atom stereocenters. The summed E-state index contributed by atoms with van der Waals surface area (Å²) in [5.74, 6) is -0.0708. The van der Waals surface area contributed by atoms with E-state index in [1.54, 1.807) is 0 Å². The van der Waals surface area contributed by atoms with Crippen molar-refractivity contribution in [1.29, 1.82) is 0 Å². The molecular formula is C34H31N3O2S. The van der Waals surface area contributed by atoms with Gasteiger partial charge >= 0.3 is 0 Å². The topological polar surface area (TPSA) is 59.5 Å². The normalized spacial score (nSPS) is 11.4. The van der Waals surface area contributed by atoms with Gasteiger partial charge in [-0.15, -0.1) is 0 Å². The highest BCUT2D eigenvalue weighted by atomic mass is 32.1. The van der Waals surface area contributed by atoms with Crippen LogP contribution in [0.4, 0.5) is 0 Å². The Morgan fingerprint density at radius 2 is 1.23 bits per heavy atom. The van der Waals surface area contributed by atoms with Gasteiger partial charge in [0.05, 0.1) is 11.4 Å². The molecule has 40 heavy (non-hydrogen) atoms. The van der Waals surface area contributed by atoms with Crippen LogP contribution >= 0.6 is 12.2 Å². The van der Waals surface area contributed by atoms with Crippen molar-refractivity contribution in [2.45, 2.75) is 26.2 Å². The molecule has 1 aromatic heterocycles. The van der Waals surface area contributed by atoms with Gasteiger partial charge in [-0.05, 0) is 67.9 Å². The Morgan fingerprint density at radius 3 is 1.73 bits per heavy atom. The van der Waals surface area contributed by atoms with Crippen molar-refractivity contribution in [1.82, 2.24) is 9.13 Å². The second-order valence-corrected chi connectivity index (χ2v) is 10.2. The van der Waals surface area contributed by atoms with Crippen LogP contribution < -0.4 is 5.56 Å². The Labute approximate surface area is 239 Å². The third-order valence-electron chi connectivity index (χ3n) is 7.02. The van der Waals surface area contributed by atoms with Crippen molar-refractivity contribution in [3.8, 4) is 17.3 Å². The van der Waals surface area contributed by atoms with Crippen molar-refractivity contribution in [2.75, 3.05) is 6.54 Å². The molecule has 1 heterocycles. The van der Waals surface area contributed by atoms with E-state index < -0.39 is 5.56 Å². The van der Waals surface area contributed by atoms with Crippen LogP contribution in [0, 0.1) is 18.6 Å². The van der Waals surface area contributed by atoms with Gasteiger partial charge in [0.15, 0.2) is 4.77 Å². The number of aliphatic imine (C=N–C) groups is 1. The summed E-state index contributed by atoms with van der Waals surface area (Å²) in [7, 11) is 0. The van der Waals surface area contributed by atoms with Gasteiger partial charge < -0.3 is 5.11 Å². The van der Waals surface area contributed by atoms with Gasteiger partial charge in [-0.2, -0.15) is 0 Å². The number of rotatable bonds is 8. The molecule has 1 N–H and O–H groups in total. The van der Waals surface area contributed by atoms with Gasteiger partial charge in [-0.1, -0.05) is 96.1 Å². The van der Waals surface area contributed by atoms with Crippen molar-refractivity contribution >= 4 is 18.4 Å². The van der Waals surface area contributed by atoms with E-state index in [0.717, 1.165) is 17.5 Å². The molecule has 0 radical (unpaired) electrons. The lowest BCUT2D eigenvalue weighted by molar-refractivity contribution is 0.430. The summed E-state index contributed by atoms with van der Waals surface area (Å²) in [6, 6.07) is 35.9. The van der Waals surface area contributed by atoms with Crippen molar-refractivity contribution < 1.29 is 5.11 Å². The van der Waals surface area contributed by atoms with Crippen LogP contribution in [0.2, 0.25) is 0 Å². The maximum Gasteiger partial charge on any atom is 0.271 e. The molecule has 0 bridgehead atoms. The molecule has 200 valence electrons. The lowest BCUT2D eigenvalue weighted by atomic mass is 9.89. The van der Waals surface area contributed by atoms with E-state index in [0.29, 0.717) is 17.9 Å². The minimum atomic E-state index is -0.416. The van der Waals surface area contributed by atoms with E-state index in [1.165, 1.54) is 26.5 Å². The number of aryl methyl sites for hydroxylation is 2. The predicted molar refractivity (Wildman–Crippen MR) is 165 cm³/mol. The zero-order valence-corrected chi connectivity index (χ0v) is 23.4. The van der Waals surface area contributed by atoms with E-state index in [-0.39, 0.29) is 22.1 Å². The molecule has 0 spiro atoms. The smallest absolute Gasteiger partial charge is 0.271 e. The Balaban J connectivity index is 1.54. The largest absolute Gasteiger partial charge is 0.494 e. The summed E-state index contributed by atoms with van der Waals surface area (Å²) in [4.78, 5) is 18.4. The van der Waals surface area contributed by atoms with Gasteiger partial charge in [0, 0.05) is 18.7 Å². The molecule has 0 unspecified atom stereocenters. The average molecular weight is 546 g/mol. The first kappa shape index (κ1) is 27.0. The van der Waals surface area contributed by atoms with Crippen LogP contribution in [0.25, 0.3) is 11.4 Å². The van der Waals surface area contributed by atoms with E-state index in [9.17, 15) is 9.90 Å². The highest BCUT2D eigenvalue weighted by molar-refractivity contribution is 7.71. The van der Waals surface area contributed by atoms with E-state index >= 15 is 0 Å². The molecular weight excluding hydrogens is 514 g/mol. The fourth-order valence-corrected chi connectivity index (χ4v) is 5.21. The number of benzene rings is 4. The van der Waals surface area contributed by atoms with Gasteiger partial charge in [-0.3, -0.25) is 18.9 Å². The van der Waals surface area contributed by atoms with Gasteiger partial charge in [0.2, 0.25) is 5.88 Å². The third kappa shape index (κ3) is 5.72. The number of hydrogen-bond acceptors (Lipinski definition) is 4. The highest BCUT2D eigenvalue weighted by Gasteiger charge is 2.18. The molecule has 5 aromatic rings. The Bertz CT molecular complexity index is 1700. The van der Waals surface area contributed by atoms with Gasteiger partial charge in [-0.25, -0.2) is 0 Å². The number of aromatic nitrogens is 2. The average Bonchev–Trinajstić information content (AvgIpc) is 2.97. The molecule has 4 aromatic carbocycles. The van der Waals surface area contributed by atoms with Gasteiger partial charge in [0.1, 0.15) is 5.56 Å². The lowest BCUT2D eigenvalue weighted by Crippen LogP contribution is -2.27. The van der Waals surface area contributed by atoms with E-state index in [2.05, 4.69) is 29.3 Å². The van der Waals surface area contributed by atoms with Crippen molar-refractivity contribution in [3.05, 3.63) is 152 Å². The van der Waals surface area contributed by atoms with Crippen LogP contribution in [0.3, 0.4) is 0 Å². The first-order valence-corrected chi connectivity index (χ1v) is 13.7. The summed E-state index contributed by atoms with van der Waals surface area (Å²) in [6.45, 7) is 4.45. The molecule has 6 heteroatoms. The highest BCUT2D eigenvalue weighted by Crippen LogP contribution is 2.28. The minimum absolute atomic E-state index is 0.0886. The molecule has 0 aliphatic carbocycles. The molecule has 0 saturated heterocycles. The number of aromatic hydroxyl groups is 1. The summed E-state index contributed by atoms with van der Waals surface area (Å²) in [5, 5.41) is 11.3. The van der Waals surface area contributed by atoms with Gasteiger partial charge in [0.25, 0.3) is 5.56 Å². The Morgan fingerprint density at radius 1 is 0.750 bits per heavy atom. The summed E-state index contributed by atoms with van der Waals surface area (Å²) >= 11 is 5.76. The monoisotopic (exact) mass is 545 g/mol. The molecule has 0 aliphatic rings. The zero-order chi connectivity index (χ0) is 28.1. The van der Waals surface area contributed by atoms with Crippen molar-refractivity contribution in [2.24, 2.45) is 4.99 Å². The fraction of sp³-hybridized carbons (Fsp3) is 0.147. The second-order valence-electron chi connectivity index (χ2n) is 9.86. The lowest BCUT2D eigenvalue weighted by Gasteiger charge is -2.18. The van der Waals surface area contributed by atoms with Crippen LogP contribution in [0.15, 0.2) is 119 Å². The number of nitrogens with zero attached hydrogens (tertiary/aromatic N) is 3. The zero-order valence-electron chi connectivity index (χ0n) is 22.6. The summed E-state index contributed by atoms with van der Waals surface area (Å²) < 4.78 is 3.15. The minimum Gasteiger partial charge on any atom is -0.494 e. The fourth-order valence-electron chi connectivity index (χ4n) is 4.83. The molecule has 0 aliphatic heterocycles. The number of hydrogen-bond donors (Lipinski definition) is 1. The van der Waals surface area contributed by atoms with Crippen LogP contribution in [0.5, 0.6) is 5.88 Å². The van der Waals surface area contributed by atoms with Crippen LogP contribution in [-0.2, 0) is 0 Å². The molecule has 0 amide bonds. The quantitative estimate of drug-likeness (QED) is 0.164. The Kier molecular flexibility index (Phi) is 8.18. The first-order valence-electron chi connectivity index (χ1n) is 13.3. The molecule has 5 nitrogen and oxygen atoms in total. The standard InChI is InChI=1S/C34H31N3O2S/c1-24-13-17-28(18-14-24)36-32(38)31(33(39)37(34(36)40)29-19-15-25(2)16-20-29)23-35-22-21-30(26-9-5-3-6-10-26)27-11-7-4-8-12-27/h3-20,23,30,38H,21-22H2,1-2H3. The predicted octanol–water partition coefficient (Wildman–Crippen LogP) is 7.32. The SMILES string of the molecule is Cc1ccc(-n2c(O)c(C=NCCC(c3ccccc3)c3ccccc3)c(=O)n(-c3ccc(C)cc3)c2=S)cc1. The summed E-state index contributed by atoms with van der Waals surface area (Å²) in [6.07, 6.45) is 2.23. The van der Waals surface area contributed by atoms with E-state index in [4.69, 9.17) is 12.2 Å². The molecule has 5 rings (SSSR count). The molecule has 0 fully saturated rings. The van der Waals surface area contributed by atoms with Crippen LogP contribution in [-0.4, -0.2) is 27.0 Å². The van der Waals surface area contributed by atoms with Crippen molar-refractivity contribution in [3.63, 3.8) is 0 Å². The molecule has 0 saturated carbocycles. The maximum absolute atomic E-state index is 13.7. The summed E-state index contributed by atoms with van der Waals surface area (Å²) in [5.41, 5.74) is 5.53. The Hall–Kier alpha value is -4.55. The van der Waals surface area contributed by atoms with Crippen LogP contribution in [0.1, 0.15) is 40.2 Å². The first-order chi connectivity index (χ1) is 19.4. The second kappa shape index (κ2) is 12.1.